The highest BCUT2D eigenvalue weighted by atomic mass is 79.9. The summed E-state index contributed by atoms with van der Waals surface area (Å²) in [5, 5.41) is 10.9. The Morgan fingerprint density at radius 3 is 2.68 bits per heavy atom. The maximum Gasteiger partial charge on any atom is 0.257 e. The number of nitrogens with one attached hydrogen (secondary N) is 2. The van der Waals surface area contributed by atoms with Gasteiger partial charge in [0, 0.05) is 12.3 Å². The van der Waals surface area contributed by atoms with Crippen LogP contribution in [0.3, 0.4) is 0 Å². The molecule has 0 saturated heterocycles. The summed E-state index contributed by atoms with van der Waals surface area (Å²) in [6.07, 6.45) is 1.32. The van der Waals surface area contributed by atoms with Gasteiger partial charge in [-0.15, -0.1) is 0 Å². The van der Waals surface area contributed by atoms with Crippen LogP contribution in [0.2, 0.25) is 0 Å². The van der Waals surface area contributed by atoms with Crippen LogP contribution in [0.1, 0.15) is 16.1 Å². The molecule has 2 rings (SSSR count). The summed E-state index contributed by atoms with van der Waals surface area (Å²) in [6.45, 7) is 0. The van der Waals surface area contributed by atoms with Crippen LogP contribution in [-0.2, 0) is 0 Å². The number of rotatable bonds is 2. The van der Waals surface area contributed by atoms with Crippen LogP contribution in [0.15, 0.2) is 28.9 Å². The minimum absolute atomic E-state index is 0.0379. The van der Waals surface area contributed by atoms with Crippen molar-refractivity contribution in [1.29, 1.82) is 5.26 Å². The third-order valence-electron chi connectivity index (χ3n) is 2.32. The molecule has 19 heavy (non-hydrogen) atoms. The van der Waals surface area contributed by atoms with E-state index in [4.69, 9.17) is 5.26 Å². The zero-order valence-electron chi connectivity index (χ0n) is 9.30. The predicted molar refractivity (Wildman–Crippen MR) is 67.5 cm³/mol. The van der Waals surface area contributed by atoms with E-state index in [1.807, 2.05) is 6.07 Å². The van der Waals surface area contributed by atoms with Gasteiger partial charge in [-0.2, -0.15) is 5.26 Å². The third-order valence-corrected chi connectivity index (χ3v) is 2.93. The monoisotopic (exact) mass is 325 g/mol. The molecule has 4 nitrogen and oxygen atoms in total. The molecule has 1 aromatic carbocycles. The molecule has 2 aromatic rings. The van der Waals surface area contributed by atoms with Gasteiger partial charge < -0.3 is 10.3 Å². The standard InChI is InChI=1S/C12H6BrF2N3O/c13-8-2-11(10(15)3-9(8)14)18-12(19)6-1-7(4-16)17-5-6/h1-3,5,17H,(H,18,19). The van der Waals surface area contributed by atoms with Crippen molar-refractivity contribution >= 4 is 27.5 Å². The lowest BCUT2D eigenvalue weighted by Gasteiger charge is -2.06. The second kappa shape index (κ2) is 5.20. The van der Waals surface area contributed by atoms with E-state index in [2.05, 4.69) is 26.2 Å². The lowest BCUT2D eigenvalue weighted by molar-refractivity contribution is 0.102. The van der Waals surface area contributed by atoms with Crippen molar-refractivity contribution in [3.8, 4) is 6.07 Å². The number of halogens is 3. The topological polar surface area (TPSA) is 68.7 Å². The highest BCUT2D eigenvalue weighted by Crippen LogP contribution is 2.24. The fraction of sp³-hybridized carbons (Fsp3) is 0. The maximum absolute atomic E-state index is 13.4. The van der Waals surface area contributed by atoms with Crippen LogP contribution in [0.25, 0.3) is 0 Å². The Bertz CT molecular complexity index is 691. The summed E-state index contributed by atoms with van der Waals surface area (Å²) < 4.78 is 26.5. The number of anilines is 1. The van der Waals surface area contributed by atoms with Crippen molar-refractivity contribution in [3.63, 3.8) is 0 Å². The Morgan fingerprint density at radius 2 is 2.05 bits per heavy atom. The molecule has 0 atom stereocenters. The number of hydrogen-bond donors (Lipinski definition) is 2. The fourth-order valence-electron chi connectivity index (χ4n) is 1.40. The SMILES string of the molecule is N#Cc1cc(C(=O)Nc2cc(Br)c(F)cc2F)c[nH]1. The molecule has 0 radical (unpaired) electrons. The molecular formula is C12H6BrF2N3O. The molecule has 0 saturated carbocycles. The second-order valence-corrected chi connectivity index (χ2v) is 4.47. The number of H-pyrrole nitrogens is 1. The third kappa shape index (κ3) is 2.80. The Balaban J connectivity index is 2.24. The molecule has 0 fully saturated rings. The quantitative estimate of drug-likeness (QED) is 0.832. The van der Waals surface area contributed by atoms with Crippen LogP contribution >= 0.6 is 15.9 Å². The Morgan fingerprint density at radius 1 is 1.32 bits per heavy atom. The molecule has 0 aliphatic rings. The number of benzene rings is 1. The molecule has 2 N–H and O–H groups in total. The number of amides is 1. The number of hydrogen-bond acceptors (Lipinski definition) is 2. The predicted octanol–water partition coefficient (Wildman–Crippen LogP) is 3.18. The van der Waals surface area contributed by atoms with Crippen molar-refractivity contribution in [1.82, 2.24) is 4.98 Å². The van der Waals surface area contributed by atoms with Crippen LogP contribution in [0.5, 0.6) is 0 Å². The summed E-state index contributed by atoms with van der Waals surface area (Å²) in [7, 11) is 0. The molecule has 1 heterocycles. The summed E-state index contributed by atoms with van der Waals surface area (Å²) in [4.78, 5) is 14.3. The van der Waals surface area contributed by atoms with Crippen LogP contribution in [0, 0.1) is 23.0 Å². The fourth-order valence-corrected chi connectivity index (χ4v) is 1.75. The summed E-state index contributed by atoms with van der Waals surface area (Å²) >= 11 is 2.90. The molecular weight excluding hydrogens is 320 g/mol. The van der Waals surface area contributed by atoms with Crippen LogP contribution < -0.4 is 5.32 Å². The van der Waals surface area contributed by atoms with Crippen LogP contribution in [0.4, 0.5) is 14.5 Å². The lowest BCUT2D eigenvalue weighted by Crippen LogP contribution is -2.12. The first-order valence-corrected chi connectivity index (χ1v) is 5.85. The second-order valence-electron chi connectivity index (χ2n) is 3.61. The smallest absolute Gasteiger partial charge is 0.257 e. The minimum Gasteiger partial charge on any atom is -0.352 e. The first kappa shape index (κ1) is 13.2. The van der Waals surface area contributed by atoms with E-state index in [-0.39, 0.29) is 21.4 Å². The van der Waals surface area contributed by atoms with Gasteiger partial charge in [0.2, 0.25) is 0 Å². The van der Waals surface area contributed by atoms with E-state index in [1.165, 1.54) is 12.3 Å². The number of nitrogens with zero attached hydrogens (tertiary/aromatic N) is 1. The van der Waals surface area contributed by atoms with E-state index in [9.17, 15) is 13.6 Å². The van der Waals surface area contributed by atoms with E-state index in [0.717, 1.165) is 6.07 Å². The van der Waals surface area contributed by atoms with Crippen molar-refractivity contribution in [2.45, 2.75) is 0 Å². The largest absolute Gasteiger partial charge is 0.352 e. The summed E-state index contributed by atoms with van der Waals surface area (Å²) in [5.74, 6) is -2.25. The zero-order valence-corrected chi connectivity index (χ0v) is 10.9. The van der Waals surface area contributed by atoms with E-state index < -0.39 is 17.5 Å². The lowest BCUT2D eigenvalue weighted by atomic mass is 10.2. The molecule has 0 aliphatic heterocycles. The molecule has 1 amide bonds. The van der Waals surface area contributed by atoms with Gasteiger partial charge in [-0.3, -0.25) is 4.79 Å². The van der Waals surface area contributed by atoms with Crippen molar-refractivity contribution in [2.24, 2.45) is 0 Å². The molecule has 0 unspecified atom stereocenters. The van der Waals surface area contributed by atoms with Crippen LogP contribution in [-0.4, -0.2) is 10.9 Å². The van der Waals surface area contributed by atoms with Gasteiger partial charge in [-0.05, 0) is 28.1 Å². The van der Waals surface area contributed by atoms with E-state index >= 15 is 0 Å². The van der Waals surface area contributed by atoms with Crippen molar-refractivity contribution in [3.05, 3.63) is 51.8 Å². The molecule has 1 aromatic heterocycles. The van der Waals surface area contributed by atoms with Gasteiger partial charge in [-0.25, -0.2) is 8.78 Å². The highest BCUT2D eigenvalue weighted by Gasteiger charge is 2.13. The first-order chi connectivity index (χ1) is 9.01. The molecule has 0 aliphatic carbocycles. The van der Waals surface area contributed by atoms with E-state index in [0.29, 0.717) is 6.07 Å². The zero-order chi connectivity index (χ0) is 14.0. The maximum atomic E-state index is 13.4. The van der Waals surface area contributed by atoms with Gasteiger partial charge in [0.1, 0.15) is 23.4 Å². The van der Waals surface area contributed by atoms with Gasteiger partial charge in [-0.1, -0.05) is 0 Å². The molecule has 0 bridgehead atoms. The van der Waals surface area contributed by atoms with Gasteiger partial charge in [0.25, 0.3) is 5.91 Å². The molecule has 0 spiro atoms. The summed E-state index contributed by atoms with van der Waals surface area (Å²) in [5.41, 5.74) is 0.236. The number of carbonyl (C=O) groups excluding carboxylic acids is 1. The number of aromatic amines is 1. The van der Waals surface area contributed by atoms with Gasteiger partial charge in [0.15, 0.2) is 0 Å². The van der Waals surface area contributed by atoms with E-state index in [1.54, 1.807) is 0 Å². The summed E-state index contributed by atoms with van der Waals surface area (Å²) in [6, 6.07) is 4.94. The van der Waals surface area contributed by atoms with Crippen molar-refractivity contribution in [2.75, 3.05) is 5.32 Å². The highest BCUT2D eigenvalue weighted by molar-refractivity contribution is 9.10. The van der Waals surface area contributed by atoms with Gasteiger partial charge >= 0.3 is 0 Å². The Labute approximate surface area is 115 Å². The minimum atomic E-state index is -0.884. The average molecular weight is 326 g/mol. The first-order valence-electron chi connectivity index (χ1n) is 5.05. The Kier molecular flexibility index (Phi) is 3.62. The number of carbonyl (C=O) groups is 1. The Hall–Kier alpha value is -2.20. The van der Waals surface area contributed by atoms with Gasteiger partial charge in [0.05, 0.1) is 15.7 Å². The number of aromatic nitrogens is 1. The normalized spacial score (nSPS) is 10.0. The molecule has 96 valence electrons. The number of nitriles is 1. The molecule has 7 heteroatoms. The average Bonchev–Trinajstić information content (AvgIpc) is 2.84. The van der Waals surface area contributed by atoms with Crippen molar-refractivity contribution < 1.29 is 13.6 Å².